The van der Waals surface area contributed by atoms with Crippen molar-refractivity contribution in [2.24, 2.45) is 5.73 Å². The molecule has 0 saturated carbocycles. The molecule has 0 heterocycles. The highest BCUT2D eigenvalue weighted by Crippen LogP contribution is 2.08. The molecule has 0 aliphatic rings. The van der Waals surface area contributed by atoms with Gasteiger partial charge in [-0.1, -0.05) is 0 Å². The van der Waals surface area contributed by atoms with Crippen LogP contribution in [0.3, 0.4) is 0 Å². The fourth-order valence-corrected chi connectivity index (χ4v) is 1.29. The number of rotatable bonds is 5. The van der Waals surface area contributed by atoms with Crippen LogP contribution in [-0.4, -0.2) is 18.5 Å². The third-order valence-electron chi connectivity index (χ3n) is 2.21. The summed E-state index contributed by atoms with van der Waals surface area (Å²) in [6.45, 7) is 2.07. The molecule has 0 saturated heterocycles. The first kappa shape index (κ1) is 12.6. The average molecular weight is 228 g/mol. The number of hydrogen-bond acceptors (Lipinski definition) is 2. The quantitative estimate of drug-likeness (QED) is 0.789. The molecule has 1 aromatic rings. The lowest BCUT2D eigenvalue weighted by atomic mass is 10.1. The van der Waals surface area contributed by atoms with Gasteiger partial charge >= 0.3 is 0 Å². The Balaban J connectivity index is 2.46. The van der Waals surface area contributed by atoms with Crippen molar-refractivity contribution in [3.63, 3.8) is 0 Å². The van der Waals surface area contributed by atoms with Gasteiger partial charge in [0.1, 0.15) is 11.6 Å². The lowest BCUT2D eigenvalue weighted by molar-refractivity contribution is -0.119. The molecule has 0 aromatic heterocycles. The van der Waals surface area contributed by atoms with Crippen LogP contribution in [0.4, 0.5) is 8.78 Å². The largest absolute Gasteiger partial charge is 0.368 e. The van der Waals surface area contributed by atoms with Gasteiger partial charge in [-0.3, -0.25) is 4.79 Å². The lowest BCUT2D eigenvalue weighted by Gasteiger charge is -2.09. The first-order valence-electron chi connectivity index (χ1n) is 4.96. The highest BCUT2D eigenvalue weighted by Gasteiger charge is 2.07. The van der Waals surface area contributed by atoms with E-state index in [-0.39, 0.29) is 0 Å². The Hall–Kier alpha value is -1.49. The topological polar surface area (TPSA) is 55.1 Å². The minimum Gasteiger partial charge on any atom is -0.368 e. The van der Waals surface area contributed by atoms with Crippen molar-refractivity contribution in [2.75, 3.05) is 6.54 Å². The molecule has 0 aliphatic carbocycles. The molecule has 1 amide bonds. The number of halogens is 2. The number of primary amides is 1. The molecule has 3 N–H and O–H groups in total. The second-order valence-corrected chi connectivity index (χ2v) is 3.61. The van der Waals surface area contributed by atoms with Gasteiger partial charge < -0.3 is 11.1 Å². The van der Waals surface area contributed by atoms with Gasteiger partial charge in [-0.25, -0.2) is 8.78 Å². The fourth-order valence-electron chi connectivity index (χ4n) is 1.29. The summed E-state index contributed by atoms with van der Waals surface area (Å²) in [4.78, 5) is 10.7. The van der Waals surface area contributed by atoms with Crippen LogP contribution in [0, 0.1) is 11.6 Å². The smallest absolute Gasteiger partial charge is 0.234 e. The van der Waals surface area contributed by atoms with Gasteiger partial charge in [0.05, 0.1) is 6.04 Å². The molecule has 16 heavy (non-hydrogen) atoms. The Morgan fingerprint density at radius 2 is 1.94 bits per heavy atom. The molecule has 5 heteroatoms. The molecule has 0 spiro atoms. The van der Waals surface area contributed by atoms with Gasteiger partial charge in [0, 0.05) is 6.07 Å². The third-order valence-corrected chi connectivity index (χ3v) is 2.21. The molecule has 1 atom stereocenters. The molecule has 3 nitrogen and oxygen atoms in total. The predicted octanol–water partition coefficient (Wildman–Crippen LogP) is 0.971. The van der Waals surface area contributed by atoms with Crippen LogP contribution in [-0.2, 0) is 11.2 Å². The van der Waals surface area contributed by atoms with Gasteiger partial charge in [-0.05, 0) is 37.6 Å². The molecule has 88 valence electrons. The molecule has 0 aliphatic heterocycles. The summed E-state index contributed by atoms with van der Waals surface area (Å²) < 4.78 is 25.6. The van der Waals surface area contributed by atoms with E-state index in [1.54, 1.807) is 6.92 Å². The fraction of sp³-hybridized carbons (Fsp3) is 0.364. The van der Waals surface area contributed by atoms with Gasteiger partial charge in [0.15, 0.2) is 0 Å². The summed E-state index contributed by atoms with van der Waals surface area (Å²) in [5.41, 5.74) is 5.59. The van der Waals surface area contributed by atoms with Crippen molar-refractivity contribution in [2.45, 2.75) is 19.4 Å². The monoisotopic (exact) mass is 228 g/mol. The third kappa shape index (κ3) is 3.94. The summed E-state index contributed by atoms with van der Waals surface area (Å²) in [6.07, 6.45) is 0.437. The Bertz CT molecular complexity index is 362. The molecule has 0 fully saturated rings. The first-order chi connectivity index (χ1) is 7.49. The van der Waals surface area contributed by atoms with Gasteiger partial charge in [-0.2, -0.15) is 0 Å². The van der Waals surface area contributed by atoms with E-state index in [2.05, 4.69) is 5.32 Å². The summed E-state index contributed by atoms with van der Waals surface area (Å²) in [7, 11) is 0. The molecule has 1 unspecified atom stereocenters. The zero-order valence-electron chi connectivity index (χ0n) is 8.97. The highest BCUT2D eigenvalue weighted by molar-refractivity contribution is 5.79. The second kappa shape index (κ2) is 5.55. The minimum absolute atomic E-state index is 0.437. The van der Waals surface area contributed by atoms with E-state index in [1.165, 1.54) is 12.1 Å². The molecule has 0 radical (unpaired) electrons. The Labute approximate surface area is 92.6 Å². The van der Waals surface area contributed by atoms with Crippen molar-refractivity contribution >= 4 is 5.91 Å². The zero-order valence-corrected chi connectivity index (χ0v) is 8.97. The lowest BCUT2D eigenvalue weighted by Crippen LogP contribution is -2.39. The number of hydrogen-bond donors (Lipinski definition) is 2. The first-order valence-corrected chi connectivity index (χ1v) is 4.96. The van der Waals surface area contributed by atoms with E-state index in [9.17, 15) is 13.6 Å². The van der Waals surface area contributed by atoms with Gasteiger partial charge in [-0.15, -0.1) is 0 Å². The van der Waals surface area contributed by atoms with E-state index in [1.807, 2.05) is 0 Å². The van der Waals surface area contributed by atoms with Gasteiger partial charge in [0.2, 0.25) is 5.91 Å². The Kier molecular flexibility index (Phi) is 4.37. The van der Waals surface area contributed by atoms with E-state index < -0.39 is 23.6 Å². The van der Waals surface area contributed by atoms with Crippen LogP contribution >= 0.6 is 0 Å². The summed E-state index contributed by atoms with van der Waals surface area (Å²) in [5, 5.41) is 2.85. The molecule has 1 rings (SSSR count). The SMILES string of the molecule is CC(NCCc1cc(F)cc(F)c1)C(N)=O. The number of nitrogens with one attached hydrogen (secondary N) is 1. The maximum Gasteiger partial charge on any atom is 0.234 e. The highest BCUT2D eigenvalue weighted by atomic mass is 19.1. The number of carbonyl (C=O) groups is 1. The van der Waals surface area contributed by atoms with Crippen LogP contribution in [0.1, 0.15) is 12.5 Å². The summed E-state index contributed by atoms with van der Waals surface area (Å²) in [5.74, 6) is -1.65. The van der Waals surface area contributed by atoms with Crippen LogP contribution in [0.15, 0.2) is 18.2 Å². The average Bonchev–Trinajstić information content (AvgIpc) is 2.15. The molecule has 0 bridgehead atoms. The van der Waals surface area contributed by atoms with Crippen LogP contribution in [0.25, 0.3) is 0 Å². The summed E-state index contributed by atoms with van der Waals surface area (Å²) in [6, 6.07) is 2.90. The van der Waals surface area contributed by atoms with Crippen LogP contribution in [0.5, 0.6) is 0 Å². The van der Waals surface area contributed by atoms with Crippen molar-refractivity contribution in [1.29, 1.82) is 0 Å². The number of amides is 1. The molecular weight excluding hydrogens is 214 g/mol. The molecule has 1 aromatic carbocycles. The number of nitrogens with two attached hydrogens (primary N) is 1. The van der Waals surface area contributed by atoms with E-state index >= 15 is 0 Å². The van der Waals surface area contributed by atoms with Crippen LogP contribution < -0.4 is 11.1 Å². The minimum atomic E-state index is -0.599. The van der Waals surface area contributed by atoms with Crippen molar-refractivity contribution in [3.8, 4) is 0 Å². The maximum absolute atomic E-state index is 12.8. The van der Waals surface area contributed by atoms with E-state index in [0.29, 0.717) is 18.5 Å². The van der Waals surface area contributed by atoms with E-state index in [4.69, 9.17) is 5.73 Å². The van der Waals surface area contributed by atoms with Crippen molar-refractivity contribution in [3.05, 3.63) is 35.4 Å². The normalized spacial score (nSPS) is 12.4. The van der Waals surface area contributed by atoms with Crippen LogP contribution in [0.2, 0.25) is 0 Å². The van der Waals surface area contributed by atoms with Gasteiger partial charge in [0.25, 0.3) is 0 Å². The summed E-state index contributed by atoms with van der Waals surface area (Å²) >= 11 is 0. The Morgan fingerprint density at radius 1 is 1.38 bits per heavy atom. The molecular formula is C11H14F2N2O. The number of carbonyl (C=O) groups excluding carboxylic acids is 1. The van der Waals surface area contributed by atoms with Crippen molar-refractivity contribution in [1.82, 2.24) is 5.32 Å². The maximum atomic E-state index is 12.8. The number of benzene rings is 1. The standard InChI is InChI=1S/C11H14F2N2O/c1-7(11(14)16)15-3-2-8-4-9(12)6-10(13)5-8/h4-7,15H,2-3H2,1H3,(H2,14,16). The van der Waals surface area contributed by atoms with E-state index in [0.717, 1.165) is 6.07 Å². The second-order valence-electron chi connectivity index (χ2n) is 3.61. The predicted molar refractivity (Wildman–Crippen MR) is 56.7 cm³/mol. The Morgan fingerprint density at radius 3 is 2.44 bits per heavy atom. The zero-order chi connectivity index (χ0) is 12.1. The van der Waals surface area contributed by atoms with Crippen molar-refractivity contribution < 1.29 is 13.6 Å².